The lowest BCUT2D eigenvalue weighted by molar-refractivity contribution is -0.126. The molecule has 1 aliphatic rings. The second-order valence-electron chi connectivity index (χ2n) is 8.41. The monoisotopic (exact) mass is 430 g/mol. The highest BCUT2D eigenvalue weighted by Gasteiger charge is 2.26. The maximum Gasteiger partial charge on any atom is 0.223 e. The summed E-state index contributed by atoms with van der Waals surface area (Å²) >= 11 is 0. The van der Waals surface area contributed by atoms with Crippen LogP contribution in [0.3, 0.4) is 0 Å². The molecule has 2 heterocycles. The molecule has 4 rings (SSSR count). The third kappa shape index (κ3) is 5.07. The average Bonchev–Trinajstić information content (AvgIpc) is 2.84. The van der Waals surface area contributed by atoms with Crippen LogP contribution in [0, 0.1) is 12.8 Å². The van der Waals surface area contributed by atoms with E-state index >= 15 is 0 Å². The Morgan fingerprint density at radius 3 is 2.47 bits per heavy atom. The summed E-state index contributed by atoms with van der Waals surface area (Å²) in [6.07, 6.45) is 1.61. The summed E-state index contributed by atoms with van der Waals surface area (Å²) in [4.78, 5) is 15.0. The Morgan fingerprint density at radius 2 is 1.81 bits per heavy atom. The summed E-state index contributed by atoms with van der Waals surface area (Å²) in [7, 11) is 1.65. The zero-order chi connectivity index (χ0) is 22.5. The third-order valence-corrected chi connectivity index (χ3v) is 6.14. The first-order valence-corrected chi connectivity index (χ1v) is 11.1. The van der Waals surface area contributed by atoms with E-state index in [2.05, 4.69) is 51.6 Å². The van der Waals surface area contributed by atoms with Crippen molar-refractivity contribution in [1.82, 2.24) is 15.5 Å². The van der Waals surface area contributed by atoms with Crippen molar-refractivity contribution in [2.24, 2.45) is 5.92 Å². The Bertz CT molecular complexity index is 1040. The van der Waals surface area contributed by atoms with Gasteiger partial charge in [0.25, 0.3) is 0 Å². The first-order valence-electron chi connectivity index (χ1n) is 11.1. The number of anilines is 1. The smallest absolute Gasteiger partial charge is 0.223 e. The highest BCUT2D eigenvalue weighted by Crippen LogP contribution is 2.25. The van der Waals surface area contributed by atoms with Gasteiger partial charge < -0.3 is 15.0 Å². The molecular formula is C26H30N4O2. The van der Waals surface area contributed by atoms with Crippen LogP contribution in [0.5, 0.6) is 5.75 Å². The van der Waals surface area contributed by atoms with Crippen LogP contribution >= 0.6 is 0 Å². The van der Waals surface area contributed by atoms with E-state index in [1.807, 2.05) is 43.3 Å². The van der Waals surface area contributed by atoms with Crippen molar-refractivity contribution in [1.29, 1.82) is 0 Å². The van der Waals surface area contributed by atoms with E-state index in [1.165, 1.54) is 5.56 Å². The Hall–Kier alpha value is -3.41. The lowest BCUT2D eigenvalue weighted by atomic mass is 9.95. The van der Waals surface area contributed by atoms with Gasteiger partial charge in [-0.25, -0.2) is 0 Å². The molecule has 32 heavy (non-hydrogen) atoms. The predicted molar refractivity (Wildman–Crippen MR) is 127 cm³/mol. The molecule has 0 bridgehead atoms. The van der Waals surface area contributed by atoms with Crippen molar-refractivity contribution >= 4 is 11.7 Å². The van der Waals surface area contributed by atoms with Gasteiger partial charge in [-0.15, -0.1) is 10.2 Å². The van der Waals surface area contributed by atoms with Crippen LogP contribution in [0.1, 0.15) is 36.9 Å². The molecule has 6 heteroatoms. The van der Waals surface area contributed by atoms with Crippen LogP contribution in [0.25, 0.3) is 11.3 Å². The zero-order valence-corrected chi connectivity index (χ0v) is 18.9. The van der Waals surface area contributed by atoms with Gasteiger partial charge in [0.2, 0.25) is 5.91 Å². The van der Waals surface area contributed by atoms with Crippen molar-refractivity contribution < 1.29 is 9.53 Å². The van der Waals surface area contributed by atoms with Crippen LogP contribution in [0.2, 0.25) is 0 Å². The molecule has 1 N–H and O–H groups in total. The summed E-state index contributed by atoms with van der Waals surface area (Å²) in [5.74, 6) is 1.79. The molecule has 2 aromatic carbocycles. The number of carbonyl (C=O) groups is 1. The number of carbonyl (C=O) groups excluding carboxylic acids is 1. The molecule has 1 saturated heterocycles. The summed E-state index contributed by atoms with van der Waals surface area (Å²) in [5.41, 5.74) is 4.20. The molecule has 1 aliphatic heterocycles. The molecule has 0 aliphatic carbocycles. The van der Waals surface area contributed by atoms with Gasteiger partial charge in [0, 0.05) is 24.6 Å². The molecule has 0 spiro atoms. The second kappa shape index (κ2) is 9.81. The Kier molecular flexibility index (Phi) is 6.69. The van der Waals surface area contributed by atoms with Crippen LogP contribution in [0.15, 0.2) is 60.7 Å². The van der Waals surface area contributed by atoms with Gasteiger partial charge >= 0.3 is 0 Å². The lowest BCUT2D eigenvalue weighted by Crippen LogP contribution is -2.41. The second-order valence-corrected chi connectivity index (χ2v) is 8.41. The topological polar surface area (TPSA) is 67.3 Å². The standard InChI is InChI=1S/C26H30N4O2/c1-18-7-9-20(10-8-18)24-11-12-25(29-28-24)30-15-13-21(14-16-30)26(31)27-19(2)22-5-4-6-23(17-22)32-3/h4-12,17,19,21H,13-16H2,1-3H3,(H,27,31)/t19-/m1/s1. The quantitative estimate of drug-likeness (QED) is 0.621. The maximum atomic E-state index is 12.8. The van der Waals surface area contributed by atoms with Gasteiger partial charge in [-0.05, 0) is 56.5 Å². The van der Waals surface area contributed by atoms with Crippen LogP contribution < -0.4 is 15.0 Å². The van der Waals surface area contributed by atoms with Crippen LogP contribution in [-0.2, 0) is 4.79 Å². The van der Waals surface area contributed by atoms with Crippen molar-refractivity contribution in [3.63, 3.8) is 0 Å². The van der Waals surface area contributed by atoms with Gasteiger partial charge in [0.05, 0.1) is 18.8 Å². The van der Waals surface area contributed by atoms with Crippen LogP contribution in [-0.4, -0.2) is 36.3 Å². The molecule has 3 aromatic rings. The van der Waals surface area contributed by atoms with Crippen molar-refractivity contribution in [2.45, 2.75) is 32.7 Å². The average molecular weight is 431 g/mol. The number of rotatable bonds is 6. The molecule has 1 fully saturated rings. The van der Waals surface area contributed by atoms with E-state index in [4.69, 9.17) is 4.74 Å². The maximum absolute atomic E-state index is 12.8. The Balaban J connectivity index is 1.31. The zero-order valence-electron chi connectivity index (χ0n) is 18.9. The summed E-state index contributed by atoms with van der Waals surface area (Å²) in [6, 6.07) is 20.1. The molecular weight excluding hydrogens is 400 g/mol. The predicted octanol–water partition coefficient (Wildman–Crippen LogP) is 4.55. The molecule has 1 amide bonds. The fourth-order valence-corrected chi connectivity index (χ4v) is 4.07. The minimum absolute atomic E-state index is 0.0131. The highest BCUT2D eigenvalue weighted by molar-refractivity contribution is 5.79. The Morgan fingerprint density at radius 1 is 1.06 bits per heavy atom. The largest absolute Gasteiger partial charge is 0.497 e. The number of methoxy groups -OCH3 is 1. The third-order valence-electron chi connectivity index (χ3n) is 6.14. The molecule has 1 aromatic heterocycles. The number of hydrogen-bond acceptors (Lipinski definition) is 5. The summed E-state index contributed by atoms with van der Waals surface area (Å²) in [5, 5.41) is 12.0. The van der Waals surface area contributed by atoms with E-state index in [1.54, 1.807) is 7.11 Å². The molecule has 0 radical (unpaired) electrons. The lowest BCUT2D eigenvalue weighted by Gasteiger charge is -2.32. The van der Waals surface area contributed by atoms with E-state index in [0.717, 1.165) is 54.3 Å². The number of nitrogens with one attached hydrogen (secondary N) is 1. The van der Waals surface area contributed by atoms with Gasteiger partial charge in [-0.2, -0.15) is 0 Å². The van der Waals surface area contributed by atoms with E-state index in [0.29, 0.717) is 0 Å². The number of benzene rings is 2. The fraction of sp³-hybridized carbons (Fsp3) is 0.346. The molecule has 0 saturated carbocycles. The number of hydrogen-bond donors (Lipinski definition) is 1. The number of ether oxygens (including phenoxy) is 1. The highest BCUT2D eigenvalue weighted by atomic mass is 16.5. The molecule has 166 valence electrons. The minimum atomic E-state index is -0.0594. The molecule has 6 nitrogen and oxygen atoms in total. The number of nitrogens with zero attached hydrogens (tertiary/aromatic N) is 3. The first kappa shape index (κ1) is 21.8. The van der Waals surface area contributed by atoms with E-state index in [-0.39, 0.29) is 17.9 Å². The van der Waals surface area contributed by atoms with Gasteiger partial charge in [-0.1, -0.05) is 42.0 Å². The van der Waals surface area contributed by atoms with Crippen molar-refractivity contribution in [3.8, 4) is 17.0 Å². The SMILES string of the molecule is COc1cccc([C@@H](C)NC(=O)C2CCN(c3ccc(-c4ccc(C)cc4)nn3)CC2)c1. The van der Waals surface area contributed by atoms with Gasteiger partial charge in [0.15, 0.2) is 5.82 Å². The number of amides is 1. The van der Waals surface area contributed by atoms with Gasteiger partial charge in [-0.3, -0.25) is 4.79 Å². The normalized spacial score (nSPS) is 15.3. The number of piperidine rings is 1. The first-order chi connectivity index (χ1) is 15.5. The summed E-state index contributed by atoms with van der Waals surface area (Å²) in [6.45, 7) is 5.67. The number of aryl methyl sites for hydroxylation is 1. The van der Waals surface area contributed by atoms with E-state index in [9.17, 15) is 4.79 Å². The van der Waals surface area contributed by atoms with Gasteiger partial charge in [0.1, 0.15) is 5.75 Å². The van der Waals surface area contributed by atoms with Crippen molar-refractivity contribution in [3.05, 3.63) is 71.8 Å². The van der Waals surface area contributed by atoms with Crippen molar-refractivity contribution in [2.75, 3.05) is 25.1 Å². The Labute approximate surface area is 189 Å². The van der Waals surface area contributed by atoms with Crippen LogP contribution in [0.4, 0.5) is 5.82 Å². The molecule has 0 unspecified atom stereocenters. The van der Waals surface area contributed by atoms with E-state index < -0.39 is 0 Å². The minimum Gasteiger partial charge on any atom is -0.497 e. The number of aromatic nitrogens is 2. The summed E-state index contributed by atoms with van der Waals surface area (Å²) < 4.78 is 5.29. The fourth-order valence-electron chi connectivity index (χ4n) is 4.07. The molecule has 1 atom stereocenters.